The summed E-state index contributed by atoms with van der Waals surface area (Å²) in [6, 6.07) is 4.06. The third-order valence-electron chi connectivity index (χ3n) is 2.32. The normalized spacial score (nSPS) is 12.1. The molecule has 0 aliphatic heterocycles. The molecule has 5 heteroatoms. The van der Waals surface area contributed by atoms with Crippen LogP contribution >= 0.6 is 0 Å². The van der Waals surface area contributed by atoms with Gasteiger partial charge in [0.2, 0.25) is 0 Å². The molecule has 0 bridgehead atoms. The Labute approximate surface area is 94.8 Å². The Morgan fingerprint density at radius 3 is 2.50 bits per heavy atom. The molecular formula is C11H15FO3S. The summed E-state index contributed by atoms with van der Waals surface area (Å²) in [6.45, 7) is 3.29. The van der Waals surface area contributed by atoms with Crippen LogP contribution in [0.1, 0.15) is 25.3 Å². The highest BCUT2D eigenvalue weighted by Gasteiger charge is 2.19. The first kappa shape index (κ1) is 13.1. The molecule has 0 spiro atoms. The topological polar surface area (TPSA) is 54.4 Å². The number of hydrogen-bond donors (Lipinski definition) is 1. The van der Waals surface area contributed by atoms with Gasteiger partial charge >= 0.3 is 0 Å². The highest BCUT2D eigenvalue weighted by atomic mass is 32.2. The Bertz CT molecular complexity index is 466. The summed E-state index contributed by atoms with van der Waals surface area (Å²) >= 11 is 0. The Kier molecular flexibility index (Phi) is 4.04. The van der Waals surface area contributed by atoms with Crippen LogP contribution in [0.25, 0.3) is 0 Å². The van der Waals surface area contributed by atoms with Gasteiger partial charge in [-0.05, 0) is 23.6 Å². The number of halogens is 1. The van der Waals surface area contributed by atoms with Crippen molar-refractivity contribution in [1.82, 2.24) is 0 Å². The van der Waals surface area contributed by atoms with E-state index in [1.165, 1.54) is 6.07 Å². The molecule has 0 fully saturated rings. The van der Waals surface area contributed by atoms with Gasteiger partial charge in [-0.15, -0.1) is 0 Å². The lowest BCUT2D eigenvalue weighted by Crippen LogP contribution is -2.12. The summed E-state index contributed by atoms with van der Waals surface area (Å²) < 4.78 is 36.6. The second-order valence-electron chi connectivity index (χ2n) is 3.89. The maximum Gasteiger partial charge on any atom is 0.183 e. The number of sulfone groups is 1. The minimum absolute atomic E-state index is 0.128. The second kappa shape index (κ2) is 4.93. The standard InChI is InChI=1S/C11H15FO3S/c1-8(2)9-3-4-10(12)11(7-9)16(14,15)6-5-13/h3-4,7-8,13H,5-6H2,1-2H3. The van der Waals surface area contributed by atoms with Crippen LogP contribution < -0.4 is 0 Å². The van der Waals surface area contributed by atoms with Crippen molar-refractivity contribution in [2.24, 2.45) is 0 Å². The highest BCUT2D eigenvalue weighted by Crippen LogP contribution is 2.22. The van der Waals surface area contributed by atoms with E-state index in [2.05, 4.69) is 0 Å². The lowest BCUT2D eigenvalue weighted by molar-refractivity contribution is 0.319. The van der Waals surface area contributed by atoms with Gasteiger partial charge in [-0.25, -0.2) is 12.8 Å². The lowest BCUT2D eigenvalue weighted by Gasteiger charge is -2.09. The first-order valence-electron chi connectivity index (χ1n) is 5.01. The van der Waals surface area contributed by atoms with Gasteiger partial charge in [0.1, 0.15) is 10.7 Å². The van der Waals surface area contributed by atoms with Crippen LogP contribution in [-0.2, 0) is 9.84 Å². The van der Waals surface area contributed by atoms with Crippen LogP contribution in [0.15, 0.2) is 23.1 Å². The quantitative estimate of drug-likeness (QED) is 0.880. The zero-order chi connectivity index (χ0) is 12.3. The number of benzene rings is 1. The fraction of sp³-hybridized carbons (Fsp3) is 0.455. The minimum atomic E-state index is -3.72. The van der Waals surface area contributed by atoms with Crippen LogP contribution in [0.3, 0.4) is 0 Å². The number of hydrogen-bond acceptors (Lipinski definition) is 3. The predicted octanol–water partition coefficient (Wildman–Crippen LogP) is 1.72. The average Bonchev–Trinajstić information content (AvgIpc) is 2.17. The molecule has 1 N–H and O–H groups in total. The Morgan fingerprint density at radius 1 is 1.38 bits per heavy atom. The molecule has 0 atom stereocenters. The van der Waals surface area contributed by atoms with E-state index in [1.54, 1.807) is 6.07 Å². The summed E-state index contributed by atoms with van der Waals surface area (Å²) in [5.74, 6) is -1.09. The molecule has 0 heterocycles. The summed E-state index contributed by atoms with van der Waals surface area (Å²) in [5, 5.41) is 8.63. The monoisotopic (exact) mass is 246 g/mol. The molecule has 1 aromatic carbocycles. The molecule has 0 aliphatic rings. The third kappa shape index (κ3) is 2.80. The first-order valence-corrected chi connectivity index (χ1v) is 6.67. The number of aliphatic hydroxyl groups is 1. The number of aliphatic hydroxyl groups excluding tert-OH is 1. The van der Waals surface area contributed by atoms with Crippen molar-refractivity contribution in [2.45, 2.75) is 24.7 Å². The maximum atomic E-state index is 13.4. The summed E-state index contributed by atoms with van der Waals surface area (Å²) in [5.41, 5.74) is 0.762. The van der Waals surface area contributed by atoms with Gasteiger partial charge < -0.3 is 5.11 Å². The van der Waals surface area contributed by atoms with E-state index in [4.69, 9.17) is 5.11 Å². The van der Waals surface area contributed by atoms with Crippen molar-refractivity contribution in [3.05, 3.63) is 29.6 Å². The molecular weight excluding hydrogens is 231 g/mol. The molecule has 0 saturated carbocycles. The lowest BCUT2D eigenvalue weighted by atomic mass is 10.0. The molecule has 3 nitrogen and oxygen atoms in total. The molecule has 90 valence electrons. The Hall–Kier alpha value is -0.940. The van der Waals surface area contributed by atoms with Crippen LogP contribution in [0.4, 0.5) is 4.39 Å². The van der Waals surface area contributed by atoms with Crippen molar-refractivity contribution >= 4 is 9.84 Å². The first-order chi connectivity index (χ1) is 7.38. The highest BCUT2D eigenvalue weighted by molar-refractivity contribution is 7.91. The van der Waals surface area contributed by atoms with Crippen LogP contribution in [0, 0.1) is 5.82 Å². The van der Waals surface area contributed by atoms with Crippen molar-refractivity contribution < 1.29 is 17.9 Å². The van der Waals surface area contributed by atoms with Crippen LogP contribution in [0.2, 0.25) is 0 Å². The molecule has 0 radical (unpaired) electrons. The van der Waals surface area contributed by atoms with E-state index < -0.39 is 28.0 Å². The van der Waals surface area contributed by atoms with E-state index in [-0.39, 0.29) is 10.8 Å². The van der Waals surface area contributed by atoms with Gasteiger partial charge in [0.25, 0.3) is 0 Å². The van der Waals surface area contributed by atoms with E-state index in [9.17, 15) is 12.8 Å². The van der Waals surface area contributed by atoms with Gasteiger partial charge in [-0.1, -0.05) is 19.9 Å². The maximum absolute atomic E-state index is 13.4. The molecule has 0 saturated heterocycles. The summed E-state index contributed by atoms with van der Waals surface area (Å²) in [6.07, 6.45) is 0. The molecule has 0 aliphatic carbocycles. The predicted molar refractivity (Wildman–Crippen MR) is 59.6 cm³/mol. The molecule has 0 aromatic heterocycles. The fourth-order valence-corrected chi connectivity index (χ4v) is 2.49. The van der Waals surface area contributed by atoms with Crippen molar-refractivity contribution in [3.8, 4) is 0 Å². The fourth-order valence-electron chi connectivity index (χ4n) is 1.35. The van der Waals surface area contributed by atoms with Gasteiger partial charge in [-0.3, -0.25) is 0 Å². The van der Waals surface area contributed by atoms with Crippen molar-refractivity contribution in [2.75, 3.05) is 12.4 Å². The summed E-state index contributed by atoms with van der Waals surface area (Å²) in [4.78, 5) is -0.326. The van der Waals surface area contributed by atoms with Crippen molar-refractivity contribution in [3.63, 3.8) is 0 Å². The Morgan fingerprint density at radius 2 is 2.00 bits per heavy atom. The minimum Gasteiger partial charge on any atom is -0.395 e. The largest absolute Gasteiger partial charge is 0.395 e. The summed E-state index contributed by atoms with van der Waals surface area (Å²) in [7, 11) is -3.72. The van der Waals surface area contributed by atoms with Crippen molar-refractivity contribution in [1.29, 1.82) is 0 Å². The zero-order valence-electron chi connectivity index (χ0n) is 9.27. The van der Waals surface area contributed by atoms with Gasteiger partial charge in [0.15, 0.2) is 9.84 Å². The van der Waals surface area contributed by atoms with Gasteiger partial charge in [0, 0.05) is 0 Å². The molecule has 0 amide bonds. The zero-order valence-corrected chi connectivity index (χ0v) is 10.1. The SMILES string of the molecule is CC(C)c1ccc(F)c(S(=O)(=O)CCO)c1. The molecule has 16 heavy (non-hydrogen) atoms. The molecule has 1 aromatic rings. The average molecular weight is 246 g/mol. The Balaban J connectivity index is 3.27. The van der Waals surface area contributed by atoms with E-state index >= 15 is 0 Å². The molecule has 0 unspecified atom stereocenters. The van der Waals surface area contributed by atoms with Crippen LogP contribution in [0.5, 0.6) is 0 Å². The van der Waals surface area contributed by atoms with E-state index in [0.717, 1.165) is 11.6 Å². The number of rotatable bonds is 4. The smallest absolute Gasteiger partial charge is 0.183 e. The van der Waals surface area contributed by atoms with E-state index in [0.29, 0.717) is 0 Å². The van der Waals surface area contributed by atoms with Gasteiger partial charge in [0.05, 0.1) is 12.4 Å². The van der Waals surface area contributed by atoms with E-state index in [1.807, 2.05) is 13.8 Å². The van der Waals surface area contributed by atoms with Gasteiger partial charge in [-0.2, -0.15) is 0 Å². The van der Waals surface area contributed by atoms with Crippen LogP contribution in [-0.4, -0.2) is 25.9 Å². The third-order valence-corrected chi connectivity index (χ3v) is 4.02. The molecule has 1 rings (SSSR count). The second-order valence-corrected chi connectivity index (χ2v) is 5.96.